The number of benzene rings is 1. The summed E-state index contributed by atoms with van der Waals surface area (Å²) in [6.07, 6.45) is 12.7. The maximum Gasteiger partial charge on any atom is 0.222 e. The standard InChI is InChI=1S/C23H33ClN4O/c24-21-9-6-19(7-10-21)8-11-22(29)28-14-12-23(13-15-28,16-26-18-27-17-25)20-4-2-1-3-5-20/h6-7,9-10,17-18,20H,1-5,8,11-16H2,(H2,25,26,27). The first-order valence-corrected chi connectivity index (χ1v) is 11.3. The Morgan fingerprint density at radius 1 is 1.21 bits per heavy atom. The summed E-state index contributed by atoms with van der Waals surface area (Å²) >= 11 is 5.94. The van der Waals surface area contributed by atoms with Crippen LogP contribution < -0.4 is 5.32 Å². The molecule has 3 rings (SSSR count). The van der Waals surface area contributed by atoms with Crippen LogP contribution in [0.2, 0.25) is 5.02 Å². The lowest BCUT2D eigenvalue weighted by atomic mass is 9.63. The van der Waals surface area contributed by atoms with Gasteiger partial charge in [0.05, 0.1) is 6.34 Å². The van der Waals surface area contributed by atoms with E-state index < -0.39 is 0 Å². The van der Waals surface area contributed by atoms with Crippen LogP contribution in [0.15, 0.2) is 29.3 Å². The zero-order chi connectivity index (χ0) is 20.5. The van der Waals surface area contributed by atoms with Crippen molar-refractivity contribution in [3.05, 3.63) is 34.9 Å². The summed E-state index contributed by atoms with van der Waals surface area (Å²) in [4.78, 5) is 18.7. The summed E-state index contributed by atoms with van der Waals surface area (Å²) in [5, 5.41) is 11.1. The lowest BCUT2D eigenvalue weighted by molar-refractivity contribution is -0.134. The molecule has 0 bridgehead atoms. The van der Waals surface area contributed by atoms with E-state index in [2.05, 4.69) is 15.2 Å². The van der Waals surface area contributed by atoms with E-state index >= 15 is 0 Å². The van der Waals surface area contributed by atoms with Crippen molar-refractivity contribution < 1.29 is 4.79 Å². The third kappa shape index (κ3) is 6.05. The van der Waals surface area contributed by atoms with E-state index in [1.165, 1.54) is 32.1 Å². The Balaban J connectivity index is 1.55. The van der Waals surface area contributed by atoms with Crippen molar-refractivity contribution in [1.29, 1.82) is 5.41 Å². The quantitative estimate of drug-likeness (QED) is 0.477. The van der Waals surface area contributed by atoms with Gasteiger partial charge in [0.25, 0.3) is 0 Å². The predicted octanol–water partition coefficient (Wildman–Crippen LogP) is 4.69. The lowest BCUT2D eigenvalue weighted by Crippen LogP contribution is -2.50. The number of hydrogen-bond acceptors (Lipinski definition) is 2. The molecular formula is C23H33ClN4O. The van der Waals surface area contributed by atoms with E-state index in [4.69, 9.17) is 17.0 Å². The first-order chi connectivity index (χ1) is 14.1. The van der Waals surface area contributed by atoms with Crippen LogP contribution in [-0.4, -0.2) is 43.1 Å². The number of nitrogens with one attached hydrogen (secondary N) is 2. The Labute approximate surface area is 179 Å². The molecule has 1 aliphatic carbocycles. The van der Waals surface area contributed by atoms with Crippen LogP contribution in [-0.2, 0) is 11.2 Å². The second kappa shape index (κ2) is 10.8. The largest absolute Gasteiger partial charge is 0.375 e. The number of aryl methyl sites for hydroxylation is 1. The van der Waals surface area contributed by atoms with Gasteiger partial charge >= 0.3 is 0 Å². The van der Waals surface area contributed by atoms with Crippen LogP contribution in [0.3, 0.4) is 0 Å². The fourth-order valence-electron chi connectivity index (χ4n) is 5.05. The van der Waals surface area contributed by atoms with Gasteiger partial charge in [-0.25, -0.2) is 4.99 Å². The van der Waals surface area contributed by atoms with Gasteiger partial charge in [-0.2, -0.15) is 0 Å². The van der Waals surface area contributed by atoms with E-state index in [0.717, 1.165) is 61.7 Å². The Morgan fingerprint density at radius 2 is 1.90 bits per heavy atom. The molecule has 2 aliphatic rings. The van der Waals surface area contributed by atoms with Crippen molar-refractivity contribution in [2.24, 2.45) is 16.3 Å². The predicted molar refractivity (Wildman–Crippen MR) is 120 cm³/mol. The van der Waals surface area contributed by atoms with Crippen LogP contribution in [0.25, 0.3) is 0 Å². The normalized spacial score (nSPS) is 20.0. The Kier molecular flexibility index (Phi) is 8.10. The van der Waals surface area contributed by atoms with Gasteiger partial charge in [-0.3, -0.25) is 10.2 Å². The summed E-state index contributed by atoms with van der Waals surface area (Å²) in [5.74, 6) is 0.985. The molecule has 1 saturated carbocycles. The Morgan fingerprint density at radius 3 is 2.55 bits per heavy atom. The lowest BCUT2D eigenvalue weighted by Gasteiger charge is -2.48. The summed E-state index contributed by atoms with van der Waals surface area (Å²) < 4.78 is 0. The Bertz CT molecular complexity index is 689. The van der Waals surface area contributed by atoms with Gasteiger partial charge in [-0.1, -0.05) is 43.0 Å². The number of amides is 1. The smallest absolute Gasteiger partial charge is 0.222 e. The SMILES string of the molecule is N=C/N=C\NCC1(C2CCCCC2)CCN(C(=O)CCc2ccc(Cl)cc2)CC1. The molecular weight excluding hydrogens is 384 g/mol. The van der Waals surface area contributed by atoms with Gasteiger partial charge in [0.2, 0.25) is 5.91 Å². The highest BCUT2D eigenvalue weighted by atomic mass is 35.5. The number of nitrogens with zero attached hydrogens (tertiary/aromatic N) is 2. The van der Waals surface area contributed by atoms with E-state index in [9.17, 15) is 4.79 Å². The minimum atomic E-state index is 0.238. The van der Waals surface area contributed by atoms with Gasteiger partial charge < -0.3 is 10.2 Å². The second-order valence-electron chi connectivity index (χ2n) is 8.49. The highest BCUT2D eigenvalue weighted by Gasteiger charge is 2.42. The summed E-state index contributed by atoms with van der Waals surface area (Å²) in [7, 11) is 0. The molecule has 1 saturated heterocycles. The molecule has 5 nitrogen and oxygen atoms in total. The molecule has 0 aromatic heterocycles. The van der Waals surface area contributed by atoms with Crippen LogP contribution >= 0.6 is 11.6 Å². The molecule has 158 valence electrons. The monoisotopic (exact) mass is 416 g/mol. The van der Waals surface area contributed by atoms with Crippen LogP contribution in [0.4, 0.5) is 0 Å². The van der Waals surface area contributed by atoms with Gasteiger partial charge in [0.15, 0.2) is 0 Å². The van der Waals surface area contributed by atoms with Crippen molar-refractivity contribution in [3.8, 4) is 0 Å². The maximum atomic E-state index is 12.8. The molecule has 6 heteroatoms. The third-order valence-corrected chi connectivity index (χ3v) is 7.07. The first-order valence-electron chi connectivity index (χ1n) is 10.9. The molecule has 1 aliphatic heterocycles. The molecule has 0 unspecified atom stereocenters. The van der Waals surface area contributed by atoms with E-state index in [-0.39, 0.29) is 11.3 Å². The third-order valence-electron chi connectivity index (χ3n) is 6.82. The zero-order valence-electron chi connectivity index (χ0n) is 17.2. The fraction of sp³-hybridized carbons (Fsp3) is 0.609. The molecule has 0 spiro atoms. The molecule has 0 radical (unpaired) electrons. The average Bonchev–Trinajstić information content (AvgIpc) is 2.77. The van der Waals surface area contributed by atoms with Crippen LogP contribution in [0, 0.1) is 16.7 Å². The number of hydrogen-bond donors (Lipinski definition) is 2. The number of rotatable bonds is 8. The average molecular weight is 417 g/mol. The van der Waals surface area contributed by atoms with Crippen molar-refractivity contribution >= 4 is 30.2 Å². The summed E-state index contributed by atoms with van der Waals surface area (Å²) in [5.41, 5.74) is 1.40. The van der Waals surface area contributed by atoms with Gasteiger partial charge in [0.1, 0.15) is 6.34 Å². The molecule has 1 heterocycles. The molecule has 2 fully saturated rings. The number of halogens is 1. The van der Waals surface area contributed by atoms with Gasteiger partial charge in [-0.05, 0) is 61.1 Å². The van der Waals surface area contributed by atoms with Crippen molar-refractivity contribution in [2.45, 2.75) is 57.8 Å². The summed E-state index contributed by atoms with van der Waals surface area (Å²) in [6.45, 7) is 2.58. The molecule has 29 heavy (non-hydrogen) atoms. The minimum absolute atomic E-state index is 0.238. The number of piperidine rings is 1. The highest BCUT2D eigenvalue weighted by molar-refractivity contribution is 6.30. The fourth-order valence-corrected chi connectivity index (χ4v) is 5.17. The maximum absolute atomic E-state index is 12.8. The van der Waals surface area contributed by atoms with Gasteiger partial charge in [-0.15, -0.1) is 0 Å². The van der Waals surface area contributed by atoms with Crippen molar-refractivity contribution in [3.63, 3.8) is 0 Å². The minimum Gasteiger partial charge on any atom is -0.375 e. The van der Waals surface area contributed by atoms with Gasteiger partial charge in [0, 0.05) is 31.1 Å². The number of aliphatic imine (C=N–C) groups is 1. The molecule has 2 N–H and O–H groups in total. The molecule has 1 aromatic carbocycles. The van der Waals surface area contributed by atoms with E-state index in [1.807, 2.05) is 24.3 Å². The molecule has 1 aromatic rings. The van der Waals surface area contributed by atoms with Crippen molar-refractivity contribution in [2.75, 3.05) is 19.6 Å². The van der Waals surface area contributed by atoms with Crippen LogP contribution in [0.5, 0.6) is 0 Å². The highest BCUT2D eigenvalue weighted by Crippen LogP contribution is 2.45. The number of carbonyl (C=O) groups is 1. The van der Waals surface area contributed by atoms with Crippen molar-refractivity contribution in [1.82, 2.24) is 10.2 Å². The second-order valence-corrected chi connectivity index (χ2v) is 8.93. The number of carbonyl (C=O) groups excluding carboxylic acids is 1. The zero-order valence-corrected chi connectivity index (χ0v) is 18.0. The first kappa shape index (κ1) is 21.8. The van der Waals surface area contributed by atoms with E-state index in [0.29, 0.717) is 6.42 Å². The number of likely N-dealkylation sites (tertiary alicyclic amines) is 1. The van der Waals surface area contributed by atoms with Crippen LogP contribution in [0.1, 0.15) is 56.9 Å². The molecule has 1 amide bonds. The molecule has 0 atom stereocenters. The topological polar surface area (TPSA) is 68.6 Å². The van der Waals surface area contributed by atoms with E-state index in [1.54, 1.807) is 6.34 Å². The Hall–Kier alpha value is -1.88. The summed E-state index contributed by atoms with van der Waals surface area (Å²) in [6, 6.07) is 7.77.